The highest BCUT2D eigenvalue weighted by Gasteiger charge is 2.50. The third-order valence-corrected chi connectivity index (χ3v) is 5.63. The summed E-state index contributed by atoms with van der Waals surface area (Å²) in [4.78, 5) is 0. The molecule has 0 bridgehead atoms. The fraction of sp³-hybridized carbons (Fsp3) is 1.00. The Morgan fingerprint density at radius 1 is 1.47 bits per heavy atom. The molecule has 5 nitrogen and oxygen atoms in total. The summed E-state index contributed by atoms with van der Waals surface area (Å²) in [7, 11) is 0.164. The number of rotatable bonds is 6. The van der Waals surface area contributed by atoms with Crippen LogP contribution in [0.2, 0.25) is 0 Å². The third kappa shape index (κ3) is 2.99. The molecule has 6 heteroatoms. The second-order valence-electron chi connectivity index (χ2n) is 5.37. The van der Waals surface area contributed by atoms with Crippen LogP contribution in [-0.2, 0) is 14.8 Å². The van der Waals surface area contributed by atoms with Crippen molar-refractivity contribution >= 4 is 10.0 Å². The smallest absolute Gasteiger partial charge is 0.215 e. The summed E-state index contributed by atoms with van der Waals surface area (Å²) < 4.78 is 32.1. The van der Waals surface area contributed by atoms with Gasteiger partial charge in [-0.1, -0.05) is 13.8 Å². The van der Waals surface area contributed by atoms with Crippen molar-refractivity contribution in [3.05, 3.63) is 0 Å². The maximum atomic E-state index is 12.0. The fourth-order valence-electron chi connectivity index (χ4n) is 2.20. The molecule has 1 saturated carbocycles. The van der Waals surface area contributed by atoms with Gasteiger partial charge in [0.15, 0.2) is 0 Å². The summed E-state index contributed by atoms with van der Waals surface area (Å²) in [5.41, 5.74) is -0.138. The summed E-state index contributed by atoms with van der Waals surface area (Å²) in [6.45, 7) is 6.22. The molecule has 1 fully saturated rings. The van der Waals surface area contributed by atoms with Crippen molar-refractivity contribution in [2.24, 2.45) is 5.41 Å². The Kier molecular flexibility index (Phi) is 4.57. The maximum absolute atomic E-state index is 12.0. The Balaban J connectivity index is 2.62. The molecule has 0 heterocycles. The summed E-state index contributed by atoms with van der Waals surface area (Å²) in [6.07, 6.45) is 0.879. The van der Waals surface area contributed by atoms with Crippen LogP contribution in [0.15, 0.2) is 0 Å². The van der Waals surface area contributed by atoms with Crippen LogP contribution in [0.1, 0.15) is 27.2 Å². The van der Waals surface area contributed by atoms with Crippen molar-refractivity contribution in [2.45, 2.75) is 44.6 Å². The van der Waals surface area contributed by atoms with Crippen molar-refractivity contribution < 1.29 is 13.2 Å². The number of sulfonamides is 1. The van der Waals surface area contributed by atoms with Crippen LogP contribution >= 0.6 is 0 Å². The number of ether oxygens (including phenoxy) is 1. The van der Waals surface area contributed by atoms with Gasteiger partial charge in [-0.3, -0.25) is 0 Å². The van der Waals surface area contributed by atoms with Gasteiger partial charge in [-0.2, -0.15) is 0 Å². The first-order chi connectivity index (χ1) is 7.75. The average molecular weight is 264 g/mol. The van der Waals surface area contributed by atoms with E-state index in [-0.39, 0.29) is 17.6 Å². The zero-order chi connectivity index (χ0) is 13.3. The second kappa shape index (κ2) is 5.22. The molecule has 0 saturated heterocycles. The lowest BCUT2D eigenvalue weighted by Crippen LogP contribution is -2.62. The zero-order valence-electron chi connectivity index (χ0n) is 11.3. The Labute approximate surface area is 104 Å². The normalized spacial score (nSPS) is 29.7. The zero-order valence-corrected chi connectivity index (χ0v) is 12.1. The van der Waals surface area contributed by atoms with Gasteiger partial charge in [-0.05, 0) is 20.4 Å². The van der Waals surface area contributed by atoms with Gasteiger partial charge in [0.05, 0.1) is 11.4 Å². The highest BCUT2D eigenvalue weighted by atomic mass is 32.2. The second-order valence-corrected chi connectivity index (χ2v) is 7.50. The van der Waals surface area contributed by atoms with Gasteiger partial charge in [-0.25, -0.2) is 13.1 Å². The summed E-state index contributed by atoms with van der Waals surface area (Å²) in [6, 6.07) is -0.0308. The Morgan fingerprint density at radius 3 is 2.47 bits per heavy atom. The first-order valence-electron chi connectivity index (χ1n) is 5.94. The first-order valence-corrected chi connectivity index (χ1v) is 7.49. The molecule has 17 heavy (non-hydrogen) atoms. The molecule has 3 unspecified atom stereocenters. The lowest BCUT2D eigenvalue weighted by atomic mass is 9.65. The predicted octanol–water partition coefficient (Wildman–Crippen LogP) is 0.327. The van der Waals surface area contributed by atoms with Gasteiger partial charge in [0.1, 0.15) is 0 Å². The minimum atomic E-state index is -3.25. The van der Waals surface area contributed by atoms with Gasteiger partial charge in [0.25, 0.3) is 0 Å². The van der Waals surface area contributed by atoms with Crippen LogP contribution in [0.3, 0.4) is 0 Å². The van der Waals surface area contributed by atoms with Crippen molar-refractivity contribution in [1.29, 1.82) is 0 Å². The summed E-state index contributed by atoms with van der Waals surface area (Å²) in [5.74, 6) is 0. The van der Waals surface area contributed by atoms with E-state index < -0.39 is 15.3 Å². The number of nitrogens with one attached hydrogen (secondary N) is 2. The Hall–Kier alpha value is -0.170. The van der Waals surface area contributed by atoms with Crippen LogP contribution in [0.5, 0.6) is 0 Å². The molecular weight excluding hydrogens is 240 g/mol. The average Bonchev–Trinajstić information content (AvgIpc) is 2.24. The standard InChI is InChI=1S/C11H24N2O3S/c1-8(7-12-4)17(14,15)13-9-6-10(16-5)11(9,2)3/h8-10,12-13H,6-7H2,1-5H3. The fourth-order valence-corrected chi connectivity index (χ4v) is 3.61. The third-order valence-electron chi connectivity index (χ3n) is 3.79. The topological polar surface area (TPSA) is 67.4 Å². The van der Waals surface area contributed by atoms with E-state index in [1.54, 1.807) is 21.1 Å². The van der Waals surface area contributed by atoms with Crippen molar-refractivity contribution in [2.75, 3.05) is 20.7 Å². The summed E-state index contributed by atoms with van der Waals surface area (Å²) in [5, 5.41) is 2.45. The highest BCUT2D eigenvalue weighted by molar-refractivity contribution is 7.90. The van der Waals surface area contributed by atoms with Gasteiger partial charge in [0.2, 0.25) is 10.0 Å². The summed E-state index contributed by atoms with van der Waals surface area (Å²) >= 11 is 0. The van der Waals surface area contributed by atoms with E-state index in [1.807, 2.05) is 13.8 Å². The molecule has 0 aromatic rings. The van der Waals surface area contributed by atoms with E-state index in [2.05, 4.69) is 10.0 Å². The van der Waals surface area contributed by atoms with E-state index >= 15 is 0 Å². The monoisotopic (exact) mass is 264 g/mol. The number of methoxy groups -OCH3 is 1. The molecular formula is C11H24N2O3S. The first kappa shape index (κ1) is 14.9. The Bertz CT molecular complexity index is 354. The van der Waals surface area contributed by atoms with Crippen LogP contribution < -0.4 is 10.0 Å². The molecule has 2 N–H and O–H groups in total. The maximum Gasteiger partial charge on any atom is 0.215 e. The predicted molar refractivity (Wildman–Crippen MR) is 68.4 cm³/mol. The van der Waals surface area contributed by atoms with E-state index in [9.17, 15) is 8.42 Å². The molecule has 0 radical (unpaired) electrons. The Morgan fingerprint density at radius 2 is 2.06 bits per heavy atom. The molecule has 0 spiro atoms. The van der Waals surface area contributed by atoms with Crippen molar-refractivity contribution in [3.63, 3.8) is 0 Å². The SMILES string of the molecule is CNCC(C)S(=O)(=O)NC1CC(OC)C1(C)C. The lowest BCUT2D eigenvalue weighted by molar-refractivity contribution is -0.0909. The molecule has 1 aliphatic carbocycles. The number of hydrogen-bond acceptors (Lipinski definition) is 4. The lowest BCUT2D eigenvalue weighted by Gasteiger charge is -2.51. The van der Waals surface area contributed by atoms with E-state index in [0.29, 0.717) is 6.54 Å². The van der Waals surface area contributed by atoms with Gasteiger partial charge in [-0.15, -0.1) is 0 Å². The molecule has 0 aromatic heterocycles. The minimum Gasteiger partial charge on any atom is -0.381 e. The van der Waals surface area contributed by atoms with Crippen LogP contribution in [0, 0.1) is 5.41 Å². The molecule has 102 valence electrons. The molecule has 1 aliphatic rings. The van der Waals surface area contributed by atoms with Crippen LogP contribution in [-0.4, -0.2) is 46.5 Å². The minimum absolute atomic E-state index is 0.0308. The van der Waals surface area contributed by atoms with E-state index in [1.165, 1.54) is 0 Å². The van der Waals surface area contributed by atoms with Crippen LogP contribution in [0.4, 0.5) is 0 Å². The van der Waals surface area contributed by atoms with Crippen molar-refractivity contribution in [3.8, 4) is 0 Å². The van der Waals surface area contributed by atoms with Gasteiger partial charge >= 0.3 is 0 Å². The molecule has 0 aliphatic heterocycles. The van der Waals surface area contributed by atoms with Gasteiger partial charge in [0, 0.05) is 25.1 Å². The largest absolute Gasteiger partial charge is 0.381 e. The molecule has 0 aromatic carbocycles. The molecule has 1 rings (SSSR count). The van der Waals surface area contributed by atoms with Gasteiger partial charge < -0.3 is 10.1 Å². The van der Waals surface area contributed by atoms with E-state index in [4.69, 9.17) is 4.74 Å². The molecule has 3 atom stereocenters. The highest BCUT2D eigenvalue weighted by Crippen LogP contribution is 2.42. The van der Waals surface area contributed by atoms with Crippen molar-refractivity contribution in [1.82, 2.24) is 10.0 Å². The molecule has 0 amide bonds. The van der Waals surface area contributed by atoms with Crippen LogP contribution in [0.25, 0.3) is 0 Å². The number of hydrogen-bond donors (Lipinski definition) is 2. The quantitative estimate of drug-likeness (QED) is 0.725. The van der Waals surface area contributed by atoms with E-state index in [0.717, 1.165) is 6.42 Å².